The van der Waals surface area contributed by atoms with Crippen LogP contribution < -0.4 is 0 Å². The molecule has 1 aliphatic rings. The molecule has 0 saturated carbocycles. The molecule has 0 aliphatic carbocycles. The SMILES string of the molecule is COC(=O)c1ccc(CN2CCCC(C)(OC)C2)c(Br)c1. The second-order valence-electron chi connectivity index (χ2n) is 5.77. The molecule has 1 aromatic rings. The number of likely N-dealkylation sites (tertiary alicyclic amines) is 1. The van der Waals surface area contributed by atoms with Gasteiger partial charge in [0.05, 0.1) is 18.3 Å². The lowest BCUT2D eigenvalue weighted by Crippen LogP contribution is -2.46. The maximum absolute atomic E-state index is 11.5. The summed E-state index contributed by atoms with van der Waals surface area (Å²) in [6.07, 6.45) is 2.24. The lowest BCUT2D eigenvalue weighted by atomic mass is 9.94. The summed E-state index contributed by atoms with van der Waals surface area (Å²) in [5, 5.41) is 0. The molecule has 5 heteroatoms. The lowest BCUT2D eigenvalue weighted by molar-refractivity contribution is -0.0527. The van der Waals surface area contributed by atoms with E-state index in [1.807, 2.05) is 18.2 Å². The molecule has 0 N–H and O–H groups in total. The van der Waals surface area contributed by atoms with E-state index in [1.165, 1.54) is 12.7 Å². The Kier molecular flexibility index (Phi) is 5.41. The van der Waals surface area contributed by atoms with Gasteiger partial charge >= 0.3 is 5.97 Å². The smallest absolute Gasteiger partial charge is 0.337 e. The standard InChI is InChI=1S/C16H22BrNO3/c1-16(21-3)7-4-8-18(11-16)10-13-6-5-12(9-14(13)17)15(19)20-2/h5-6,9H,4,7-8,10-11H2,1-3H3. The van der Waals surface area contributed by atoms with E-state index in [0.29, 0.717) is 5.56 Å². The highest BCUT2D eigenvalue weighted by Gasteiger charge is 2.30. The highest BCUT2D eigenvalue weighted by molar-refractivity contribution is 9.10. The number of hydrogen-bond acceptors (Lipinski definition) is 4. The average molecular weight is 356 g/mol. The summed E-state index contributed by atoms with van der Waals surface area (Å²) in [5.74, 6) is -0.313. The number of nitrogens with zero attached hydrogens (tertiary/aromatic N) is 1. The molecule has 0 amide bonds. The van der Waals surface area contributed by atoms with Gasteiger partial charge in [-0.3, -0.25) is 4.90 Å². The van der Waals surface area contributed by atoms with E-state index in [-0.39, 0.29) is 11.6 Å². The molecule has 4 nitrogen and oxygen atoms in total. The van der Waals surface area contributed by atoms with Crippen LogP contribution in [0.15, 0.2) is 22.7 Å². The lowest BCUT2D eigenvalue weighted by Gasteiger charge is -2.39. The average Bonchev–Trinajstić information content (AvgIpc) is 2.48. The van der Waals surface area contributed by atoms with Gasteiger partial charge in [0.25, 0.3) is 0 Å². The molecule has 1 fully saturated rings. The van der Waals surface area contributed by atoms with Crippen LogP contribution in [-0.2, 0) is 16.0 Å². The number of piperidine rings is 1. The van der Waals surface area contributed by atoms with Crippen LogP contribution in [0.25, 0.3) is 0 Å². The summed E-state index contributed by atoms with van der Waals surface area (Å²) in [4.78, 5) is 13.9. The van der Waals surface area contributed by atoms with Crippen LogP contribution in [-0.4, -0.2) is 43.8 Å². The Hall–Kier alpha value is -0.910. The van der Waals surface area contributed by atoms with Crippen molar-refractivity contribution in [2.45, 2.75) is 31.9 Å². The van der Waals surface area contributed by atoms with E-state index in [9.17, 15) is 4.79 Å². The van der Waals surface area contributed by atoms with E-state index < -0.39 is 0 Å². The Balaban J connectivity index is 2.08. The fourth-order valence-electron chi connectivity index (χ4n) is 2.77. The number of carbonyl (C=O) groups is 1. The molecule has 0 aromatic heterocycles. The van der Waals surface area contributed by atoms with Crippen LogP contribution in [0.3, 0.4) is 0 Å². The van der Waals surface area contributed by atoms with E-state index in [2.05, 4.69) is 27.8 Å². The third-order valence-electron chi connectivity index (χ3n) is 4.10. The van der Waals surface area contributed by atoms with Gasteiger partial charge in [0.2, 0.25) is 0 Å². The maximum Gasteiger partial charge on any atom is 0.337 e. The number of ether oxygens (including phenoxy) is 2. The molecule has 1 aliphatic heterocycles. The highest BCUT2D eigenvalue weighted by Crippen LogP contribution is 2.27. The molecular formula is C16H22BrNO3. The van der Waals surface area contributed by atoms with E-state index in [4.69, 9.17) is 9.47 Å². The number of halogens is 1. The molecule has 2 rings (SSSR count). The van der Waals surface area contributed by atoms with Gasteiger partial charge in [-0.1, -0.05) is 22.0 Å². The largest absolute Gasteiger partial charge is 0.465 e. The molecule has 1 saturated heterocycles. The van der Waals surface area contributed by atoms with Crippen LogP contribution in [0, 0.1) is 0 Å². The number of carbonyl (C=O) groups excluding carboxylic acids is 1. The van der Waals surface area contributed by atoms with Gasteiger partial charge in [-0.25, -0.2) is 4.79 Å². The molecule has 1 unspecified atom stereocenters. The summed E-state index contributed by atoms with van der Waals surface area (Å²) < 4.78 is 11.3. The number of benzene rings is 1. The fourth-order valence-corrected chi connectivity index (χ4v) is 3.27. The van der Waals surface area contributed by atoms with Gasteiger partial charge in [0.15, 0.2) is 0 Å². The van der Waals surface area contributed by atoms with Crippen molar-refractivity contribution in [1.82, 2.24) is 4.90 Å². The monoisotopic (exact) mass is 355 g/mol. The van der Waals surface area contributed by atoms with Crippen LogP contribution in [0.2, 0.25) is 0 Å². The van der Waals surface area contributed by atoms with Crippen molar-refractivity contribution in [2.75, 3.05) is 27.3 Å². The Morgan fingerprint density at radius 2 is 2.19 bits per heavy atom. The van der Waals surface area contributed by atoms with Crippen molar-refractivity contribution in [3.8, 4) is 0 Å². The summed E-state index contributed by atoms with van der Waals surface area (Å²) in [7, 11) is 3.17. The number of hydrogen-bond donors (Lipinski definition) is 0. The topological polar surface area (TPSA) is 38.8 Å². The van der Waals surface area contributed by atoms with Gasteiger partial charge in [-0.15, -0.1) is 0 Å². The number of rotatable bonds is 4. The first-order chi connectivity index (χ1) is 9.97. The predicted molar refractivity (Wildman–Crippen MR) is 85.4 cm³/mol. The first-order valence-corrected chi connectivity index (χ1v) is 7.91. The second kappa shape index (κ2) is 6.90. The van der Waals surface area contributed by atoms with Crippen molar-refractivity contribution in [2.24, 2.45) is 0 Å². The van der Waals surface area contributed by atoms with E-state index in [1.54, 1.807) is 7.11 Å². The van der Waals surface area contributed by atoms with Gasteiger partial charge in [-0.2, -0.15) is 0 Å². The van der Waals surface area contributed by atoms with Gasteiger partial charge in [-0.05, 0) is 44.0 Å². The Bertz CT molecular complexity index is 520. The van der Waals surface area contributed by atoms with Crippen molar-refractivity contribution in [3.63, 3.8) is 0 Å². The third kappa shape index (κ3) is 4.05. The zero-order valence-corrected chi connectivity index (χ0v) is 14.4. The first-order valence-electron chi connectivity index (χ1n) is 7.12. The van der Waals surface area contributed by atoms with Crippen molar-refractivity contribution < 1.29 is 14.3 Å². The van der Waals surface area contributed by atoms with Crippen LogP contribution in [0.1, 0.15) is 35.7 Å². The Morgan fingerprint density at radius 1 is 1.43 bits per heavy atom. The van der Waals surface area contributed by atoms with Gasteiger partial charge in [0, 0.05) is 24.7 Å². The molecule has 1 atom stereocenters. The summed E-state index contributed by atoms with van der Waals surface area (Å²) in [5.41, 5.74) is 1.67. The van der Waals surface area contributed by atoms with Crippen molar-refractivity contribution >= 4 is 21.9 Å². The quantitative estimate of drug-likeness (QED) is 0.777. The minimum absolute atomic E-state index is 0.0588. The maximum atomic E-state index is 11.5. The number of methoxy groups -OCH3 is 2. The zero-order chi connectivity index (χ0) is 15.5. The minimum Gasteiger partial charge on any atom is -0.465 e. The summed E-state index contributed by atoms with van der Waals surface area (Å²) in [6.45, 7) is 5.01. The molecule has 0 spiro atoms. The van der Waals surface area contributed by atoms with Gasteiger partial charge < -0.3 is 9.47 Å². The minimum atomic E-state index is -0.313. The fraction of sp³-hybridized carbons (Fsp3) is 0.562. The van der Waals surface area contributed by atoms with Crippen LogP contribution in [0.4, 0.5) is 0 Å². The number of esters is 1. The molecule has 116 valence electrons. The Labute approximate surface area is 134 Å². The summed E-state index contributed by atoms with van der Waals surface area (Å²) >= 11 is 3.55. The van der Waals surface area contributed by atoms with Crippen LogP contribution in [0.5, 0.6) is 0 Å². The van der Waals surface area contributed by atoms with Gasteiger partial charge in [0.1, 0.15) is 0 Å². The second-order valence-corrected chi connectivity index (χ2v) is 6.62. The van der Waals surface area contributed by atoms with Crippen molar-refractivity contribution in [3.05, 3.63) is 33.8 Å². The normalized spacial score (nSPS) is 23.0. The Morgan fingerprint density at radius 3 is 2.81 bits per heavy atom. The van der Waals surface area contributed by atoms with Crippen molar-refractivity contribution in [1.29, 1.82) is 0 Å². The molecule has 0 radical (unpaired) electrons. The van der Waals surface area contributed by atoms with E-state index in [0.717, 1.165) is 36.9 Å². The van der Waals surface area contributed by atoms with Crippen LogP contribution >= 0.6 is 15.9 Å². The molecule has 1 heterocycles. The molecule has 21 heavy (non-hydrogen) atoms. The first kappa shape index (κ1) is 16.5. The molecule has 1 aromatic carbocycles. The molecule has 0 bridgehead atoms. The molecular weight excluding hydrogens is 334 g/mol. The zero-order valence-electron chi connectivity index (χ0n) is 12.8. The highest BCUT2D eigenvalue weighted by atomic mass is 79.9. The summed E-state index contributed by atoms with van der Waals surface area (Å²) in [6, 6.07) is 5.61. The van der Waals surface area contributed by atoms with E-state index >= 15 is 0 Å². The third-order valence-corrected chi connectivity index (χ3v) is 4.84. The predicted octanol–water partition coefficient (Wildman–Crippen LogP) is 3.24.